The monoisotopic (exact) mass is 306 g/mol. The minimum Gasteiger partial charge on any atom is -0.344 e. The summed E-state index contributed by atoms with van der Waals surface area (Å²) in [5.74, 6) is -0.0193. The molecule has 1 fully saturated rings. The lowest BCUT2D eigenvalue weighted by Crippen LogP contribution is -2.47. The number of carbonyl (C=O) groups is 2. The highest BCUT2D eigenvalue weighted by molar-refractivity contribution is 7.98. The molecule has 1 aliphatic carbocycles. The zero-order valence-electron chi connectivity index (χ0n) is 12.5. The number of para-hydroxylation sites is 1. The van der Waals surface area contributed by atoms with E-state index in [9.17, 15) is 9.59 Å². The number of amides is 2. The summed E-state index contributed by atoms with van der Waals surface area (Å²) >= 11 is 1.59. The second-order valence-corrected chi connectivity index (χ2v) is 6.26. The summed E-state index contributed by atoms with van der Waals surface area (Å²) in [5, 5.41) is 5.79. The van der Waals surface area contributed by atoms with Crippen molar-refractivity contribution in [2.75, 3.05) is 11.6 Å². The fraction of sp³-hybridized carbons (Fsp3) is 0.500. The van der Waals surface area contributed by atoms with Crippen molar-refractivity contribution in [2.24, 2.45) is 5.92 Å². The molecule has 114 valence electrons. The Kier molecular flexibility index (Phi) is 5.67. The summed E-state index contributed by atoms with van der Waals surface area (Å²) in [4.78, 5) is 25.0. The molecule has 2 rings (SSSR count). The van der Waals surface area contributed by atoms with Crippen LogP contribution in [0, 0.1) is 5.92 Å². The molecule has 5 heteroatoms. The van der Waals surface area contributed by atoms with Crippen LogP contribution in [-0.2, 0) is 9.59 Å². The van der Waals surface area contributed by atoms with Crippen LogP contribution in [0.2, 0.25) is 0 Å². The van der Waals surface area contributed by atoms with Gasteiger partial charge in [-0.2, -0.15) is 0 Å². The lowest BCUT2D eigenvalue weighted by Gasteiger charge is -2.23. The van der Waals surface area contributed by atoms with Gasteiger partial charge in [0, 0.05) is 11.8 Å². The molecule has 0 heterocycles. The number of hydrogen-bond donors (Lipinski definition) is 2. The Balaban J connectivity index is 2.12. The average Bonchev–Trinajstić information content (AvgIpc) is 2.99. The topological polar surface area (TPSA) is 58.2 Å². The molecule has 0 saturated heterocycles. The molecule has 1 aliphatic rings. The normalized spacial score (nSPS) is 16.5. The molecule has 4 nitrogen and oxygen atoms in total. The van der Waals surface area contributed by atoms with E-state index in [1.165, 1.54) is 6.92 Å². The van der Waals surface area contributed by atoms with Crippen molar-refractivity contribution in [3.8, 4) is 0 Å². The summed E-state index contributed by atoms with van der Waals surface area (Å²) in [6, 6.07) is 7.29. The van der Waals surface area contributed by atoms with Crippen molar-refractivity contribution in [1.82, 2.24) is 5.32 Å². The zero-order chi connectivity index (χ0) is 15.2. The van der Waals surface area contributed by atoms with Gasteiger partial charge in [0.05, 0.1) is 5.69 Å². The van der Waals surface area contributed by atoms with Gasteiger partial charge in [-0.15, -0.1) is 11.8 Å². The second kappa shape index (κ2) is 7.50. The molecule has 1 saturated carbocycles. The van der Waals surface area contributed by atoms with Gasteiger partial charge in [0.2, 0.25) is 11.8 Å². The lowest BCUT2D eigenvalue weighted by molar-refractivity contribution is -0.126. The van der Waals surface area contributed by atoms with Crippen LogP contribution in [0.1, 0.15) is 32.6 Å². The molecule has 0 spiro atoms. The number of thioether (sulfide) groups is 1. The van der Waals surface area contributed by atoms with Crippen LogP contribution < -0.4 is 10.6 Å². The van der Waals surface area contributed by atoms with Gasteiger partial charge in [-0.1, -0.05) is 25.0 Å². The molecule has 2 amide bonds. The van der Waals surface area contributed by atoms with Crippen LogP contribution in [0.4, 0.5) is 5.69 Å². The number of benzene rings is 1. The standard InChI is InChI=1S/C16H22N2O2S/c1-11(19)17-15(12-7-3-4-8-12)16(20)18-13-9-5-6-10-14(13)21-2/h5-6,9-10,12,15H,3-4,7-8H2,1-2H3,(H,17,19)(H,18,20). The van der Waals surface area contributed by atoms with Gasteiger partial charge < -0.3 is 10.6 Å². The van der Waals surface area contributed by atoms with Gasteiger partial charge in [0.25, 0.3) is 0 Å². The molecule has 0 aromatic heterocycles. The van der Waals surface area contributed by atoms with Crippen LogP contribution >= 0.6 is 11.8 Å². The molecule has 0 bridgehead atoms. The van der Waals surface area contributed by atoms with Crippen molar-refractivity contribution in [3.05, 3.63) is 24.3 Å². The SMILES string of the molecule is CSc1ccccc1NC(=O)C(NC(C)=O)C1CCCC1. The third-order valence-electron chi connectivity index (χ3n) is 3.88. The zero-order valence-corrected chi connectivity index (χ0v) is 13.3. The molecule has 0 radical (unpaired) electrons. The maximum Gasteiger partial charge on any atom is 0.247 e. The first-order valence-electron chi connectivity index (χ1n) is 7.33. The van der Waals surface area contributed by atoms with Crippen molar-refractivity contribution in [2.45, 2.75) is 43.5 Å². The second-order valence-electron chi connectivity index (χ2n) is 5.41. The van der Waals surface area contributed by atoms with E-state index in [2.05, 4.69) is 10.6 Å². The van der Waals surface area contributed by atoms with Crippen LogP contribution in [-0.4, -0.2) is 24.1 Å². The van der Waals surface area contributed by atoms with Gasteiger partial charge in [0.15, 0.2) is 0 Å². The quantitative estimate of drug-likeness (QED) is 0.822. The third-order valence-corrected chi connectivity index (χ3v) is 4.67. The Morgan fingerprint density at radius 2 is 1.90 bits per heavy atom. The minimum absolute atomic E-state index is 0.112. The lowest BCUT2D eigenvalue weighted by atomic mass is 9.97. The molecule has 1 unspecified atom stereocenters. The maximum absolute atomic E-state index is 12.6. The number of carbonyl (C=O) groups excluding carboxylic acids is 2. The average molecular weight is 306 g/mol. The first-order valence-corrected chi connectivity index (χ1v) is 8.55. The molecule has 0 aliphatic heterocycles. The van der Waals surface area contributed by atoms with E-state index in [-0.39, 0.29) is 17.7 Å². The predicted molar refractivity (Wildman–Crippen MR) is 86.4 cm³/mol. The molecule has 1 atom stereocenters. The maximum atomic E-state index is 12.6. The first-order chi connectivity index (χ1) is 10.1. The van der Waals surface area contributed by atoms with E-state index in [1.807, 2.05) is 30.5 Å². The molecule has 2 N–H and O–H groups in total. The highest BCUT2D eigenvalue weighted by Crippen LogP contribution is 2.29. The highest BCUT2D eigenvalue weighted by Gasteiger charge is 2.31. The Morgan fingerprint density at radius 3 is 2.52 bits per heavy atom. The van der Waals surface area contributed by atoms with E-state index >= 15 is 0 Å². The van der Waals surface area contributed by atoms with E-state index in [0.29, 0.717) is 0 Å². The number of rotatable bonds is 5. The molecule has 21 heavy (non-hydrogen) atoms. The van der Waals surface area contributed by atoms with Crippen molar-refractivity contribution in [1.29, 1.82) is 0 Å². The predicted octanol–water partition coefficient (Wildman–Crippen LogP) is 3.04. The van der Waals surface area contributed by atoms with E-state index < -0.39 is 6.04 Å². The summed E-state index contributed by atoms with van der Waals surface area (Å²) in [5.41, 5.74) is 0.809. The van der Waals surface area contributed by atoms with Gasteiger partial charge >= 0.3 is 0 Å². The van der Waals surface area contributed by atoms with Crippen LogP contribution in [0.15, 0.2) is 29.2 Å². The Bertz CT molecular complexity index is 513. The first kappa shape index (κ1) is 15.9. The minimum atomic E-state index is -0.431. The number of nitrogens with one attached hydrogen (secondary N) is 2. The van der Waals surface area contributed by atoms with Crippen molar-refractivity contribution >= 4 is 29.3 Å². The molecule has 1 aromatic rings. The molecular weight excluding hydrogens is 284 g/mol. The summed E-state index contributed by atoms with van der Waals surface area (Å²) in [6.45, 7) is 1.46. The summed E-state index contributed by atoms with van der Waals surface area (Å²) in [7, 11) is 0. The summed E-state index contributed by atoms with van der Waals surface area (Å²) < 4.78 is 0. The van der Waals surface area contributed by atoms with Gasteiger partial charge in [-0.3, -0.25) is 9.59 Å². The highest BCUT2D eigenvalue weighted by atomic mass is 32.2. The largest absolute Gasteiger partial charge is 0.344 e. The van der Waals surface area contributed by atoms with E-state index in [4.69, 9.17) is 0 Å². The van der Waals surface area contributed by atoms with Crippen molar-refractivity contribution in [3.63, 3.8) is 0 Å². The van der Waals surface area contributed by atoms with Gasteiger partial charge in [0.1, 0.15) is 6.04 Å². The Hall–Kier alpha value is -1.49. The smallest absolute Gasteiger partial charge is 0.247 e. The van der Waals surface area contributed by atoms with Crippen molar-refractivity contribution < 1.29 is 9.59 Å². The summed E-state index contributed by atoms with van der Waals surface area (Å²) in [6.07, 6.45) is 6.25. The number of hydrogen-bond acceptors (Lipinski definition) is 3. The van der Waals surface area contributed by atoms with E-state index in [0.717, 1.165) is 36.3 Å². The third kappa shape index (κ3) is 4.24. The Labute approximate surface area is 130 Å². The fourth-order valence-corrected chi connectivity index (χ4v) is 3.42. The number of anilines is 1. The Morgan fingerprint density at radius 1 is 1.24 bits per heavy atom. The van der Waals surface area contributed by atoms with Crippen LogP contribution in [0.25, 0.3) is 0 Å². The van der Waals surface area contributed by atoms with Crippen LogP contribution in [0.3, 0.4) is 0 Å². The van der Waals surface area contributed by atoms with Gasteiger partial charge in [-0.25, -0.2) is 0 Å². The molecular formula is C16H22N2O2S. The van der Waals surface area contributed by atoms with Gasteiger partial charge in [-0.05, 0) is 37.1 Å². The fourth-order valence-electron chi connectivity index (χ4n) is 2.87. The molecule has 1 aromatic carbocycles. The van der Waals surface area contributed by atoms with Crippen LogP contribution in [0.5, 0.6) is 0 Å². The van der Waals surface area contributed by atoms with E-state index in [1.54, 1.807) is 11.8 Å².